The second kappa shape index (κ2) is 5.33. The molecule has 1 saturated carbocycles. The molecule has 1 fully saturated rings. The summed E-state index contributed by atoms with van der Waals surface area (Å²) in [5, 5.41) is 7.39. The molecular weight excluding hydrogens is 332 g/mol. The number of nitrogens with one attached hydrogen (secondary N) is 1. The van der Waals surface area contributed by atoms with Crippen LogP contribution in [0.2, 0.25) is 0 Å². The van der Waals surface area contributed by atoms with Crippen molar-refractivity contribution in [1.29, 1.82) is 0 Å². The van der Waals surface area contributed by atoms with Crippen LogP contribution < -0.4 is 5.32 Å². The van der Waals surface area contributed by atoms with Gasteiger partial charge >= 0.3 is 0 Å². The Morgan fingerprint density at radius 3 is 2.76 bits per heavy atom. The monoisotopic (exact) mass is 350 g/mol. The minimum absolute atomic E-state index is 0.0322. The highest BCUT2D eigenvalue weighted by molar-refractivity contribution is 9.10. The van der Waals surface area contributed by atoms with Gasteiger partial charge in [0.1, 0.15) is 5.69 Å². The average Bonchev–Trinajstić information content (AvgIpc) is 3.15. The van der Waals surface area contributed by atoms with Crippen LogP contribution >= 0.6 is 15.9 Å². The van der Waals surface area contributed by atoms with Crippen LogP contribution in [-0.2, 0) is 13.6 Å². The van der Waals surface area contributed by atoms with Crippen molar-refractivity contribution in [2.75, 3.05) is 0 Å². The minimum atomic E-state index is -0.0322. The Morgan fingerprint density at radius 1 is 1.48 bits per heavy atom. The zero-order valence-electron chi connectivity index (χ0n) is 12.5. The van der Waals surface area contributed by atoms with Crippen LogP contribution in [0.15, 0.2) is 16.7 Å². The average molecular weight is 351 g/mol. The largest absolute Gasteiger partial charge is 0.347 e. The van der Waals surface area contributed by atoms with Crippen LogP contribution in [0.5, 0.6) is 0 Å². The number of halogens is 1. The Labute approximate surface area is 132 Å². The molecule has 2 aromatic heterocycles. The highest BCUT2D eigenvalue weighted by atomic mass is 79.9. The highest BCUT2D eigenvalue weighted by Crippen LogP contribution is 2.37. The molecule has 2 aromatic rings. The normalized spacial score (nSPS) is 14.5. The summed E-state index contributed by atoms with van der Waals surface area (Å²) in [7, 11) is 1.92. The molecule has 112 valence electrons. The van der Waals surface area contributed by atoms with Gasteiger partial charge in [0.2, 0.25) is 0 Å². The molecule has 0 saturated heterocycles. The van der Waals surface area contributed by atoms with E-state index in [1.54, 1.807) is 0 Å². The standard InChI is InChI=1S/C15H19BrN4O/c1-9-13(10(2)19(3)18-9)7-17-15(21)14-6-11(16)8-20(14)12-4-5-12/h6,8,12H,4-5,7H2,1-3H3,(H,17,21). The van der Waals surface area contributed by atoms with Crippen LogP contribution in [0.25, 0.3) is 0 Å². The van der Waals surface area contributed by atoms with Crippen molar-refractivity contribution in [2.45, 2.75) is 39.3 Å². The number of carbonyl (C=O) groups excluding carboxylic acids is 1. The fraction of sp³-hybridized carbons (Fsp3) is 0.467. The number of aromatic nitrogens is 3. The van der Waals surface area contributed by atoms with Crippen molar-refractivity contribution in [3.8, 4) is 0 Å². The Kier molecular flexibility index (Phi) is 3.65. The van der Waals surface area contributed by atoms with E-state index in [-0.39, 0.29) is 5.91 Å². The van der Waals surface area contributed by atoms with E-state index in [0.29, 0.717) is 12.6 Å². The van der Waals surface area contributed by atoms with Crippen molar-refractivity contribution in [2.24, 2.45) is 7.05 Å². The van der Waals surface area contributed by atoms with E-state index >= 15 is 0 Å². The van der Waals surface area contributed by atoms with Gasteiger partial charge in [0.05, 0.1) is 5.69 Å². The first-order valence-electron chi connectivity index (χ1n) is 7.12. The van der Waals surface area contributed by atoms with Gasteiger partial charge in [-0.15, -0.1) is 0 Å². The molecule has 0 unspecified atom stereocenters. The van der Waals surface area contributed by atoms with E-state index in [4.69, 9.17) is 0 Å². The first kappa shape index (κ1) is 14.4. The van der Waals surface area contributed by atoms with Gasteiger partial charge in [-0.2, -0.15) is 5.10 Å². The molecule has 0 bridgehead atoms. The molecular formula is C15H19BrN4O. The number of aryl methyl sites for hydroxylation is 2. The maximum Gasteiger partial charge on any atom is 0.268 e. The van der Waals surface area contributed by atoms with Crippen molar-refractivity contribution in [3.63, 3.8) is 0 Å². The van der Waals surface area contributed by atoms with E-state index in [1.165, 1.54) is 0 Å². The number of hydrogen-bond acceptors (Lipinski definition) is 2. The van der Waals surface area contributed by atoms with E-state index in [1.807, 2.05) is 37.8 Å². The van der Waals surface area contributed by atoms with Gasteiger partial charge in [0, 0.05) is 41.6 Å². The predicted octanol–water partition coefficient (Wildman–Crippen LogP) is 2.87. The molecule has 21 heavy (non-hydrogen) atoms. The summed E-state index contributed by atoms with van der Waals surface area (Å²) < 4.78 is 4.87. The summed E-state index contributed by atoms with van der Waals surface area (Å²) in [5.41, 5.74) is 3.87. The van der Waals surface area contributed by atoms with Crippen molar-refractivity contribution >= 4 is 21.8 Å². The van der Waals surface area contributed by atoms with Crippen LogP contribution in [-0.4, -0.2) is 20.3 Å². The minimum Gasteiger partial charge on any atom is -0.347 e. The molecule has 0 aliphatic heterocycles. The third-order valence-electron chi connectivity index (χ3n) is 4.07. The van der Waals surface area contributed by atoms with Crippen molar-refractivity contribution in [3.05, 3.63) is 39.4 Å². The third-order valence-corrected chi connectivity index (χ3v) is 4.51. The van der Waals surface area contributed by atoms with E-state index in [0.717, 1.165) is 40.0 Å². The molecule has 1 aliphatic rings. The SMILES string of the molecule is Cc1nn(C)c(C)c1CNC(=O)c1cc(Br)cn1C1CC1. The zero-order valence-corrected chi connectivity index (χ0v) is 14.1. The van der Waals surface area contributed by atoms with E-state index in [9.17, 15) is 4.79 Å². The number of nitrogens with zero attached hydrogens (tertiary/aromatic N) is 3. The summed E-state index contributed by atoms with van der Waals surface area (Å²) in [6.07, 6.45) is 4.30. The molecule has 0 atom stereocenters. The maximum absolute atomic E-state index is 12.4. The lowest BCUT2D eigenvalue weighted by molar-refractivity contribution is 0.0941. The summed E-state index contributed by atoms with van der Waals surface area (Å²) in [4.78, 5) is 12.4. The molecule has 0 aromatic carbocycles. The van der Waals surface area contributed by atoms with Crippen molar-refractivity contribution < 1.29 is 4.79 Å². The van der Waals surface area contributed by atoms with Crippen LogP contribution in [0.4, 0.5) is 0 Å². The van der Waals surface area contributed by atoms with Crippen molar-refractivity contribution in [1.82, 2.24) is 19.7 Å². The predicted molar refractivity (Wildman–Crippen MR) is 84.3 cm³/mol. The number of amides is 1. The molecule has 1 N–H and O–H groups in total. The Balaban J connectivity index is 1.75. The molecule has 1 amide bonds. The van der Waals surface area contributed by atoms with Crippen LogP contribution in [0, 0.1) is 13.8 Å². The lowest BCUT2D eigenvalue weighted by Crippen LogP contribution is -2.25. The smallest absolute Gasteiger partial charge is 0.268 e. The topological polar surface area (TPSA) is 51.9 Å². The number of hydrogen-bond donors (Lipinski definition) is 1. The quantitative estimate of drug-likeness (QED) is 0.921. The molecule has 6 heteroatoms. The first-order valence-corrected chi connectivity index (χ1v) is 7.91. The van der Waals surface area contributed by atoms with Crippen LogP contribution in [0.1, 0.15) is 46.3 Å². The van der Waals surface area contributed by atoms with Crippen LogP contribution in [0.3, 0.4) is 0 Å². The fourth-order valence-electron chi connectivity index (χ4n) is 2.61. The van der Waals surface area contributed by atoms with Gasteiger partial charge in [-0.05, 0) is 48.7 Å². The highest BCUT2D eigenvalue weighted by Gasteiger charge is 2.27. The third kappa shape index (κ3) is 2.77. The summed E-state index contributed by atoms with van der Waals surface area (Å²) in [6, 6.07) is 2.37. The summed E-state index contributed by atoms with van der Waals surface area (Å²) in [6.45, 7) is 4.50. The lowest BCUT2D eigenvalue weighted by Gasteiger charge is -2.09. The first-order chi connectivity index (χ1) is 9.97. The summed E-state index contributed by atoms with van der Waals surface area (Å²) >= 11 is 3.46. The molecule has 5 nitrogen and oxygen atoms in total. The van der Waals surface area contributed by atoms with Gasteiger partial charge in [-0.1, -0.05) is 0 Å². The molecule has 0 radical (unpaired) electrons. The summed E-state index contributed by atoms with van der Waals surface area (Å²) in [5.74, 6) is -0.0322. The van der Waals surface area contributed by atoms with E-state index < -0.39 is 0 Å². The fourth-order valence-corrected chi connectivity index (χ4v) is 3.05. The Morgan fingerprint density at radius 2 is 2.19 bits per heavy atom. The molecule has 0 spiro atoms. The van der Waals surface area contributed by atoms with Gasteiger partial charge in [-0.3, -0.25) is 9.48 Å². The van der Waals surface area contributed by atoms with Gasteiger partial charge in [0.15, 0.2) is 0 Å². The van der Waals surface area contributed by atoms with Gasteiger partial charge < -0.3 is 9.88 Å². The zero-order chi connectivity index (χ0) is 15.1. The van der Waals surface area contributed by atoms with Gasteiger partial charge in [-0.25, -0.2) is 0 Å². The molecule has 3 rings (SSSR count). The van der Waals surface area contributed by atoms with E-state index in [2.05, 4.69) is 30.9 Å². The molecule has 2 heterocycles. The number of carbonyl (C=O) groups is 1. The second-order valence-corrected chi connectivity index (χ2v) is 6.55. The maximum atomic E-state index is 12.4. The van der Waals surface area contributed by atoms with Gasteiger partial charge in [0.25, 0.3) is 5.91 Å². The molecule has 1 aliphatic carbocycles. The Hall–Kier alpha value is -1.56. The lowest BCUT2D eigenvalue weighted by atomic mass is 10.2. The second-order valence-electron chi connectivity index (χ2n) is 5.64. The Bertz CT molecular complexity index is 697. The number of rotatable bonds is 4.